The first-order valence-corrected chi connectivity index (χ1v) is 14.6. The normalized spacial score (nSPS) is 21.3. The van der Waals surface area contributed by atoms with Gasteiger partial charge in [0, 0.05) is 34.3 Å². The highest BCUT2D eigenvalue weighted by Crippen LogP contribution is 2.48. The maximum atomic E-state index is 13.9. The van der Waals surface area contributed by atoms with Crippen LogP contribution in [-0.4, -0.2) is 35.4 Å². The molecule has 0 bridgehead atoms. The number of benzene rings is 4. The second-order valence-electron chi connectivity index (χ2n) is 11.0. The Bertz CT molecular complexity index is 1640. The number of nitrogens with one attached hydrogen (secondary N) is 2. The lowest BCUT2D eigenvalue weighted by atomic mass is 9.61. The summed E-state index contributed by atoms with van der Waals surface area (Å²) < 4.78 is 11.7. The number of rotatable bonds is 9. The van der Waals surface area contributed by atoms with E-state index in [-0.39, 0.29) is 13.0 Å². The van der Waals surface area contributed by atoms with Gasteiger partial charge in [-0.05, 0) is 55.0 Å². The number of ketones is 1. The minimum Gasteiger partial charge on any atom is -0.493 e. The van der Waals surface area contributed by atoms with Crippen LogP contribution in [0, 0.1) is 11.8 Å². The number of carbonyl (C=O) groups is 3. The van der Waals surface area contributed by atoms with E-state index in [0.29, 0.717) is 33.5 Å². The van der Waals surface area contributed by atoms with Gasteiger partial charge < -0.3 is 25.2 Å². The molecule has 0 heterocycles. The van der Waals surface area contributed by atoms with Crippen molar-refractivity contribution in [2.45, 2.75) is 31.5 Å². The molecule has 0 aromatic heterocycles. The number of Topliss-reactive ketones (excluding diaryl/α,β-unsaturated/α-hetero) is 1. The summed E-state index contributed by atoms with van der Waals surface area (Å²) >= 11 is 6.30. The third-order valence-electron chi connectivity index (χ3n) is 7.83. The Morgan fingerprint density at radius 1 is 0.864 bits per heavy atom. The molecule has 8 nitrogen and oxygen atoms in total. The fraction of sp³-hybridized carbons (Fsp3) is 0.229. The maximum absolute atomic E-state index is 13.9. The minimum absolute atomic E-state index is 0.177. The van der Waals surface area contributed by atoms with Gasteiger partial charge in [0.1, 0.15) is 18.3 Å². The molecule has 1 saturated carbocycles. The van der Waals surface area contributed by atoms with Crippen molar-refractivity contribution in [3.05, 3.63) is 119 Å². The van der Waals surface area contributed by atoms with Gasteiger partial charge in [-0.15, -0.1) is 0 Å². The molecule has 0 saturated heterocycles. The van der Waals surface area contributed by atoms with Gasteiger partial charge >= 0.3 is 0 Å². The zero-order valence-corrected chi connectivity index (χ0v) is 25.1. The van der Waals surface area contributed by atoms with E-state index in [1.807, 2.05) is 30.3 Å². The zero-order valence-electron chi connectivity index (χ0n) is 24.3. The maximum Gasteiger partial charge on any atom is 0.235 e. The number of methoxy groups -OCH3 is 1. The van der Waals surface area contributed by atoms with Crippen LogP contribution < -0.4 is 20.1 Å². The minimum atomic E-state index is -1.75. The predicted molar refractivity (Wildman–Crippen MR) is 169 cm³/mol. The van der Waals surface area contributed by atoms with E-state index in [1.165, 1.54) is 14.0 Å². The first kappa shape index (κ1) is 30.8. The summed E-state index contributed by atoms with van der Waals surface area (Å²) in [7, 11) is 1.48. The number of hydrogen-bond acceptors (Lipinski definition) is 6. The van der Waals surface area contributed by atoms with Gasteiger partial charge in [-0.1, -0.05) is 72.3 Å². The number of ether oxygens (including phenoxy) is 2. The highest BCUT2D eigenvalue weighted by Gasteiger charge is 2.56. The first-order valence-electron chi connectivity index (χ1n) is 14.2. The summed E-state index contributed by atoms with van der Waals surface area (Å²) in [5, 5.41) is 17.9. The molecular weight excluding hydrogens is 580 g/mol. The standard InChI is InChI=1S/C35H33ClN2O6/c1-35(42)20-27(39)31(33(40)37-24-12-5-3-6-13-24)30(32(35)34(41)38-25-14-7-4-8-15-25)22-17-18-28(29(19-22)43-2)44-21-23-11-9-10-16-26(23)36/h3-19,30-32,42H,20-21H2,1-2H3,(H,37,40)(H,38,41). The molecule has 4 atom stereocenters. The molecule has 4 unspecified atom stereocenters. The Kier molecular flexibility index (Phi) is 9.32. The van der Waals surface area contributed by atoms with Crippen LogP contribution in [0.1, 0.15) is 30.4 Å². The molecule has 1 aliphatic rings. The van der Waals surface area contributed by atoms with Crippen LogP contribution in [0.2, 0.25) is 5.02 Å². The van der Waals surface area contributed by atoms with Crippen molar-refractivity contribution < 1.29 is 29.0 Å². The number of para-hydroxylation sites is 2. The number of amides is 2. The quantitative estimate of drug-likeness (QED) is 0.193. The second kappa shape index (κ2) is 13.3. The molecule has 226 valence electrons. The molecular formula is C35H33ClN2O6. The largest absolute Gasteiger partial charge is 0.493 e. The van der Waals surface area contributed by atoms with Crippen molar-refractivity contribution in [1.82, 2.24) is 0 Å². The van der Waals surface area contributed by atoms with Crippen LogP contribution in [0.3, 0.4) is 0 Å². The highest BCUT2D eigenvalue weighted by molar-refractivity contribution is 6.31. The van der Waals surface area contributed by atoms with E-state index in [0.717, 1.165) is 5.56 Å². The third-order valence-corrected chi connectivity index (χ3v) is 8.20. The topological polar surface area (TPSA) is 114 Å². The monoisotopic (exact) mass is 612 g/mol. The molecule has 1 fully saturated rings. The van der Waals surface area contributed by atoms with Crippen LogP contribution in [-0.2, 0) is 21.0 Å². The third kappa shape index (κ3) is 6.77. The van der Waals surface area contributed by atoms with Crippen molar-refractivity contribution in [1.29, 1.82) is 0 Å². The van der Waals surface area contributed by atoms with E-state index in [1.54, 1.807) is 72.8 Å². The molecule has 9 heteroatoms. The second-order valence-corrected chi connectivity index (χ2v) is 11.4. The average molecular weight is 613 g/mol. The van der Waals surface area contributed by atoms with Crippen LogP contribution in [0.25, 0.3) is 0 Å². The highest BCUT2D eigenvalue weighted by atomic mass is 35.5. The van der Waals surface area contributed by atoms with Crippen LogP contribution in [0.4, 0.5) is 11.4 Å². The summed E-state index contributed by atoms with van der Waals surface area (Å²) in [6, 6.07) is 29.9. The summed E-state index contributed by atoms with van der Waals surface area (Å²) in [6.45, 7) is 1.63. The van der Waals surface area contributed by atoms with Crippen molar-refractivity contribution in [2.75, 3.05) is 17.7 Å². The number of halogens is 1. The number of hydrogen-bond donors (Lipinski definition) is 3. The average Bonchev–Trinajstić information content (AvgIpc) is 3.00. The predicted octanol–water partition coefficient (Wildman–Crippen LogP) is 6.24. The Balaban J connectivity index is 1.55. The molecule has 4 aromatic rings. The van der Waals surface area contributed by atoms with Crippen LogP contribution in [0.5, 0.6) is 11.5 Å². The molecule has 3 N–H and O–H groups in total. The summed E-state index contributed by atoms with van der Waals surface area (Å²) in [5.74, 6) is -4.32. The fourth-order valence-electron chi connectivity index (χ4n) is 5.76. The zero-order chi connectivity index (χ0) is 31.3. The SMILES string of the molecule is COc1cc(C2C(C(=O)Nc3ccccc3)C(=O)CC(C)(O)C2C(=O)Nc2ccccc2)ccc1OCc1ccccc1Cl. The van der Waals surface area contributed by atoms with E-state index in [2.05, 4.69) is 10.6 Å². The molecule has 1 aliphatic carbocycles. The van der Waals surface area contributed by atoms with Crippen molar-refractivity contribution in [2.24, 2.45) is 11.8 Å². The van der Waals surface area contributed by atoms with E-state index >= 15 is 0 Å². The summed E-state index contributed by atoms with van der Waals surface area (Å²) in [5.41, 5.74) is 0.519. The lowest BCUT2D eigenvalue weighted by Crippen LogP contribution is -2.56. The van der Waals surface area contributed by atoms with Crippen LogP contribution >= 0.6 is 11.6 Å². The van der Waals surface area contributed by atoms with Crippen LogP contribution in [0.15, 0.2) is 103 Å². The summed E-state index contributed by atoms with van der Waals surface area (Å²) in [6.07, 6.45) is -0.376. The van der Waals surface area contributed by atoms with E-state index < -0.39 is 41.0 Å². The van der Waals surface area contributed by atoms with Gasteiger partial charge in [-0.25, -0.2) is 0 Å². The van der Waals surface area contributed by atoms with Gasteiger partial charge in [0.25, 0.3) is 0 Å². The molecule has 0 spiro atoms. The Hall–Kier alpha value is -4.66. The molecule has 5 rings (SSSR count). The van der Waals surface area contributed by atoms with Crippen molar-refractivity contribution >= 4 is 40.6 Å². The van der Waals surface area contributed by atoms with Gasteiger partial charge in [0.2, 0.25) is 11.8 Å². The van der Waals surface area contributed by atoms with Gasteiger partial charge in [-0.2, -0.15) is 0 Å². The molecule has 0 aliphatic heterocycles. The molecule has 44 heavy (non-hydrogen) atoms. The summed E-state index contributed by atoms with van der Waals surface area (Å²) in [4.78, 5) is 41.4. The van der Waals surface area contributed by atoms with Gasteiger partial charge in [-0.3, -0.25) is 14.4 Å². The lowest BCUT2D eigenvalue weighted by Gasteiger charge is -2.44. The fourth-order valence-corrected chi connectivity index (χ4v) is 5.95. The Morgan fingerprint density at radius 3 is 2.07 bits per heavy atom. The van der Waals surface area contributed by atoms with Gasteiger partial charge in [0.15, 0.2) is 11.5 Å². The van der Waals surface area contributed by atoms with Crippen molar-refractivity contribution in [3.8, 4) is 11.5 Å². The van der Waals surface area contributed by atoms with E-state index in [4.69, 9.17) is 21.1 Å². The van der Waals surface area contributed by atoms with Gasteiger partial charge in [0.05, 0.1) is 18.6 Å². The van der Waals surface area contributed by atoms with E-state index in [9.17, 15) is 19.5 Å². The number of carbonyl (C=O) groups excluding carboxylic acids is 3. The number of aliphatic hydroxyl groups is 1. The number of anilines is 2. The molecule has 0 radical (unpaired) electrons. The first-order chi connectivity index (χ1) is 21.2. The smallest absolute Gasteiger partial charge is 0.235 e. The molecule has 4 aromatic carbocycles. The van der Waals surface area contributed by atoms with Crippen molar-refractivity contribution in [3.63, 3.8) is 0 Å². The Morgan fingerprint density at radius 2 is 1.45 bits per heavy atom. The molecule has 2 amide bonds. The Labute approximate surface area is 261 Å². The lowest BCUT2D eigenvalue weighted by molar-refractivity contribution is -0.150.